The molecule has 0 saturated carbocycles. The first-order valence-corrected chi connectivity index (χ1v) is 6.58. The van der Waals surface area contributed by atoms with Crippen LogP contribution in [-0.4, -0.2) is 12.1 Å². The third kappa shape index (κ3) is 3.22. The first-order valence-electron chi connectivity index (χ1n) is 6.58. The second-order valence-electron chi connectivity index (χ2n) is 5.05. The summed E-state index contributed by atoms with van der Waals surface area (Å²) < 4.78 is 5.32. The van der Waals surface area contributed by atoms with E-state index in [0.717, 1.165) is 25.7 Å². The second kappa shape index (κ2) is 5.85. The smallest absolute Gasteiger partial charge is 0.309 e. The summed E-state index contributed by atoms with van der Waals surface area (Å²) in [6.45, 7) is 5.69. The molecule has 2 atom stereocenters. The largest absolute Gasteiger partial charge is 0.462 e. The lowest BCUT2D eigenvalue weighted by atomic mass is 10.00. The zero-order chi connectivity index (χ0) is 13.0. The fourth-order valence-electron chi connectivity index (χ4n) is 2.40. The predicted octanol–water partition coefficient (Wildman–Crippen LogP) is 3.30. The van der Waals surface area contributed by atoms with Gasteiger partial charge in [0, 0.05) is 0 Å². The van der Waals surface area contributed by atoms with Gasteiger partial charge in [-0.3, -0.25) is 4.79 Å². The van der Waals surface area contributed by atoms with Crippen molar-refractivity contribution in [2.24, 2.45) is 5.92 Å². The molecule has 1 heterocycles. The number of esters is 1. The van der Waals surface area contributed by atoms with Gasteiger partial charge in [0.15, 0.2) is 0 Å². The first kappa shape index (κ1) is 12.9. The summed E-state index contributed by atoms with van der Waals surface area (Å²) in [6, 6.07) is 8.54. The highest BCUT2D eigenvalue weighted by atomic mass is 16.5. The Bertz CT molecular complexity index is 436. The average Bonchev–Trinajstić information content (AvgIpc) is 2.67. The number of hydrogen-bond donors (Lipinski definition) is 0. The number of benzene rings is 1. The van der Waals surface area contributed by atoms with Crippen LogP contribution >= 0.6 is 0 Å². The van der Waals surface area contributed by atoms with E-state index in [4.69, 9.17) is 4.74 Å². The van der Waals surface area contributed by atoms with Crippen LogP contribution in [0.25, 0.3) is 0 Å². The molecule has 1 aromatic rings. The Hall–Kier alpha value is -1.57. The molecule has 1 aliphatic heterocycles. The molecule has 2 rings (SSSR count). The van der Waals surface area contributed by atoms with Crippen molar-refractivity contribution < 1.29 is 9.53 Å². The molecule has 0 radical (unpaired) electrons. The molecule has 0 bridgehead atoms. The van der Waals surface area contributed by atoms with Gasteiger partial charge in [0.25, 0.3) is 0 Å². The lowest BCUT2D eigenvalue weighted by molar-refractivity contribution is -0.144. The molecule has 0 amide bonds. The highest BCUT2D eigenvalue weighted by Crippen LogP contribution is 2.24. The summed E-state index contributed by atoms with van der Waals surface area (Å²) in [5.41, 5.74) is 2.60. The molecule has 1 fully saturated rings. The van der Waals surface area contributed by atoms with E-state index in [1.165, 1.54) is 11.1 Å². The van der Waals surface area contributed by atoms with E-state index in [-0.39, 0.29) is 18.0 Å². The van der Waals surface area contributed by atoms with Gasteiger partial charge in [0.1, 0.15) is 6.10 Å². The van der Waals surface area contributed by atoms with E-state index in [9.17, 15) is 4.79 Å². The van der Waals surface area contributed by atoms with Crippen molar-refractivity contribution >= 4 is 5.97 Å². The number of hydrogen-bond acceptors (Lipinski definition) is 2. The van der Waals surface area contributed by atoms with Crippen LogP contribution in [0.2, 0.25) is 0 Å². The van der Waals surface area contributed by atoms with Gasteiger partial charge in [0.2, 0.25) is 0 Å². The van der Waals surface area contributed by atoms with E-state index in [2.05, 4.69) is 30.8 Å². The first-order chi connectivity index (χ1) is 8.69. The minimum Gasteiger partial charge on any atom is -0.462 e. The van der Waals surface area contributed by atoms with Gasteiger partial charge in [-0.2, -0.15) is 0 Å². The van der Waals surface area contributed by atoms with Crippen LogP contribution in [0.3, 0.4) is 0 Å². The van der Waals surface area contributed by atoms with Gasteiger partial charge in [-0.05, 0) is 36.8 Å². The van der Waals surface area contributed by atoms with Gasteiger partial charge in [-0.25, -0.2) is 0 Å². The van der Waals surface area contributed by atoms with Gasteiger partial charge >= 0.3 is 5.97 Å². The molecule has 0 aromatic heterocycles. The van der Waals surface area contributed by atoms with Crippen molar-refractivity contribution in [3.05, 3.63) is 48.0 Å². The lowest BCUT2D eigenvalue weighted by Gasteiger charge is -2.09. The number of ether oxygens (including phenoxy) is 1. The summed E-state index contributed by atoms with van der Waals surface area (Å²) in [5.74, 6) is 0.0301. The zero-order valence-electron chi connectivity index (χ0n) is 10.9. The third-order valence-corrected chi connectivity index (χ3v) is 3.43. The van der Waals surface area contributed by atoms with Crippen molar-refractivity contribution in [2.45, 2.75) is 38.7 Å². The minimum atomic E-state index is -0.0413. The van der Waals surface area contributed by atoms with E-state index in [1.54, 1.807) is 0 Å². The maximum atomic E-state index is 11.3. The molecule has 2 heteroatoms. The van der Waals surface area contributed by atoms with Crippen LogP contribution < -0.4 is 0 Å². The van der Waals surface area contributed by atoms with Crippen molar-refractivity contribution in [1.82, 2.24) is 0 Å². The van der Waals surface area contributed by atoms with Crippen LogP contribution in [0.4, 0.5) is 0 Å². The zero-order valence-corrected chi connectivity index (χ0v) is 10.9. The Morgan fingerprint density at radius 3 is 2.89 bits per heavy atom. The number of aryl methyl sites for hydroxylation is 1. The van der Waals surface area contributed by atoms with E-state index < -0.39 is 0 Å². The fraction of sp³-hybridized carbons (Fsp3) is 0.438. The highest BCUT2D eigenvalue weighted by Gasteiger charge is 2.30. The molecule has 1 aromatic carbocycles. The number of rotatable bonds is 5. The fourth-order valence-corrected chi connectivity index (χ4v) is 2.40. The molecule has 0 unspecified atom stereocenters. The lowest BCUT2D eigenvalue weighted by Crippen LogP contribution is -2.08. The SMILES string of the molecule is C=CCc1cccc(CC[C@H]2C[C@@H](C)C(=O)O2)c1. The Morgan fingerprint density at radius 1 is 1.44 bits per heavy atom. The summed E-state index contributed by atoms with van der Waals surface area (Å²) in [5, 5.41) is 0. The third-order valence-electron chi connectivity index (χ3n) is 3.43. The maximum absolute atomic E-state index is 11.3. The molecule has 1 saturated heterocycles. The molecule has 0 N–H and O–H groups in total. The van der Waals surface area contributed by atoms with E-state index >= 15 is 0 Å². The molecular weight excluding hydrogens is 224 g/mol. The number of cyclic esters (lactones) is 1. The Kier molecular flexibility index (Phi) is 4.19. The van der Waals surface area contributed by atoms with Crippen LogP contribution in [-0.2, 0) is 22.4 Å². The van der Waals surface area contributed by atoms with Crippen LogP contribution in [0.1, 0.15) is 30.9 Å². The number of carbonyl (C=O) groups excluding carboxylic acids is 1. The summed E-state index contributed by atoms with van der Waals surface area (Å²) >= 11 is 0. The molecular formula is C16H20O2. The van der Waals surface area contributed by atoms with E-state index in [0.29, 0.717) is 0 Å². The van der Waals surface area contributed by atoms with Gasteiger partial charge < -0.3 is 4.74 Å². The summed E-state index contributed by atoms with van der Waals surface area (Å²) in [4.78, 5) is 11.3. The van der Waals surface area contributed by atoms with Crippen LogP contribution in [0.15, 0.2) is 36.9 Å². The van der Waals surface area contributed by atoms with Crippen LogP contribution in [0, 0.1) is 5.92 Å². The standard InChI is InChI=1S/C16H20O2/c1-3-5-13-6-4-7-14(11-13)8-9-15-10-12(2)16(17)18-15/h3-4,6-7,11-12,15H,1,5,8-10H2,2H3/t12-,15+/m1/s1. The van der Waals surface area contributed by atoms with E-state index in [1.807, 2.05) is 13.0 Å². The van der Waals surface area contributed by atoms with Crippen molar-refractivity contribution in [1.29, 1.82) is 0 Å². The maximum Gasteiger partial charge on any atom is 0.309 e. The summed E-state index contributed by atoms with van der Waals surface area (Å²) in [6.07, 6.45) is 5.69. The predicted molar refractivity (Wildman–Crippen MR) is 72.3 cm³/mol. The Morgan fingerprint density at radius 2 is 2.22 bits per heavy atom. The normalized spacial score (nSPS) is 22.8. The van der Waals surface area contributed by atoms with Crippen LogP contribution in [0.5, 0.6) is 0 Å². The Balaban J connectivity index is 1.88. The quantitative estimate of drug-likeness (QED) is 0.587. The summed E-state index contributed by atoms with van der Waals surface area (Å²) in [7, 11) is 0. The molecule has 96 valence electrons. The molecule has 0 aliphatic carbocycles. The van der Waals surface area contributed by atoms with Gasteiger partial charge in [-0.1, -0.05) is 37.3 Å². The molecule has 18 heavy (non-hydrogen) atoms. The second-order valence-corrected chi connectivity index (χ2v) is 5.05. The van der Waals surface area contributed by atoms with Crippen molar-refractivity contribution in [3.63, 3.8) is 0 Å². The number of carbonyl (C=O) groups is 1. The van der Waals surface area contributed by atoms with Crippen molar-refractivity contribution in [3.8, 4) is 0 Å². The minimum absolute atomic E-state index is 0.0413. The Labute approximate surface area is 109 Å². The molecule has 1 aliphatic rings. The highest BCUT2D eigenvalue weighted by molar-refractivity contribution is 5.74. The monoisotopic (exact) mass is 244 g/mol. The topological polar surface area (TPSA) is 26.3 Å². The molecule has 0 spiro atoms. The van der Waals surface area contributed by atoms with Gasteiger partial charge in [0.05, 0.1) is 5.92 Å². The molecule has 2 nitrogen and oxygen atoms in total. The van der Waals surface area contributed by atoms with Gasteiger partial charge in [-0.15, -0.1) is 6.58 Å². The van der Waals surface area contributed by atoms with Crippen molar-refractivity contribution in [2.75, 3.05) is 0 Å². The number of allylic oxidation sites excluding steroid dienone is 1. The average molecular weight is 244 g/mol.